The molecule has 0 aromatic heterocycles. The SMILES string of the molecule is c1ccc(-c2ccc(-c3ccc(N(c4cc(-c5cccc6ccccc56)ccc4-c4ccccc4)c4ccccc4-c4cccc5cccc(C6CCCCC6)c45)cc3)cc2-c2ccccc2)cc1. The van der Waals surface area contributed by atoms with E-state index in [9.17, 15) is 0 Å². The largest absolute Gasteiger partial charge is 0.309 e. The lowest BCUT2D eigenvalue weighted by atomic mass is 9.80. The van der Waals surface area contributed by atoms with Gasteiger partial charge in [-0.05, 0) is 132 Å². The molecule has 1 nitrogen and oxygen atoms in total. The summed E-state index contributed by atoms with van der Waals surface area (Å²) in [6.07, 6.45) is 6.42. The Bertz CT molecular complexity index is 3560. The van der Waals surface area contributed by atoms with Crippen LogP contribution in [-0.4, -0.2) is 0 Å². The van der Waals surface area contributed by atoms with Crippen LogP contribution in [0.1, 0.15) is 43.6 Å². The number of fused-ring (bicyclic) bond motifs is 2. The standard InChI is InChI=1S/C68H53N/c1-5-20-49(21-6-1)60-44-40-55(46-65(60)53-26-11-4-12-27-53)48-38-42-57(43-39-48)69(66-37-16-15-33-63(66)64-36-19-31-54-30-18-35-62(68(54)64)52-24-9-3-10-25-52)67-47-56(41-45-61(67)51-22-7-2-8-23-51)59-34-17-29-50-28-13-14-32-58(50)59/h1-2,4-8,11-23,26-47,52H,3,9-10,24-25H2. The maximum atomic E-state index is 2.53. The Kier molecular flexibility index (Phi) is 11.5. The highest BCUT2D eigenvalue weighted by Crippen LogP contribution is 2.49. The summed E-state index contributed by atoms with van der Waals surface area (Å²) in [6.45, 7) is 0. The van der Waals surface area contributed by atoms with Crippen LogP contribution in [0.15, 0.2) is 255 Å². The lowest BCUT2D eigenvalue weighted by molar-refractivity contribution is 0.445. The van der Waals surface area contributed by atoms with E-state index in [0.717, 1.165) is 17.1 Å². The molecule has 0 bridgehead atoms. The summed E-state index contributed by atoms with van der Waals surface area (Å²) >= 11 is 0. The van der Waals surface area contributed by atoms with Gasteiger partial charge in [-0.2, -0.15) is 0 Å². The van der Waals surface area contributed by atoms with Crippen LogP contribution in [0.25, 0.3) is 88.3 Å². The highest BCUT2D eigenvalue weighted by Gasteiger charge is 2.25. The summed E-state index contributed by atoms with van der Waals surface area (Å²) in [7, 11) is 0. The van der Waals surface area contributed by atoms with Gasteiger partial charge in [-0.25, -0.2) is 0 Å². The summed E-state index contributed by atoms with van der Waals surface area (Å²) < 4.78 is 0. The van der Waals surface area contributed by atoms with E-state index in [1.54, 1.807) is 0 Å². The molecule has 0 unspecified atom stereocenters. The van der Waals surface area contributed by atoms with Crippen molar-refractivity contribution in [3.63, 3.8) is 0 Å². The first kappa shape index (κ1) is 42.1. The molecule has 1 aliphatic carbocycles. The molecule has 0 N–H and O–H groups in total. The van der Waals surface area contributed by atoms with E-state index in [1.807, 2.05) is 0 Å². The predicted octanol–water partition coefficient (Wildman–Crippen LogP) is 19.5. The zero-order valence-electron chi connectivity index (χ0n) is 38.8. The molecule has 1 heteroatoms. The van der Waals surface area contributed by atoms with Crippen molar-refractivity contribution in [2.45, 2.75) is 38.0 Å². The van der Waals surface area contributed by atoms with Crippen LogP contribution in [0.5, 0.6) is 0 Å². The molecular formula is C68H53N. The molecule has 1 saturated carbocycles. The van der Waals surface area contributed by atoms with E-state index in [0.29, 0.717) is 5.92 Å². The number of hydrogen-bond acceptors (Lipinski definition) is 1. The third kappa shape index (κ3) is 8.21. The van der Waals surface area contributed by atoms with E-state index in [1.165, 1.54) is 126 Å². The maximum Gasteiger partial charge on any atom is 0.0546 e. The monoisotopic (exact) mass is 883 g/mol. The van der Waals surface area contributed by atoms with Crippen molar-refractivity contribution in [3.8, 4) is 66.8 Å². The summed E-state index contributed by atoms with van der Waals surface area (Å²) in [4.78, 5) is 2.53. The summed E-state index contributed by atoms with van der Waals surface area (Å²) in [5, 5.41) is 5.17. The molecule has 1 fully saturated rings. The number of rotatable bonds is 10. The van der Waals surface area contributed by atoms with E-state index in [-0.39, 0.29) is 0 Å². The van der Waals surface area contributed by atoms with E-state index in [4.69, 9.17) is 0 Å². The zero-order chi connectivity index (χ0) is 45.9. The summed E-state index contributed by atoms with van der Waals surface area (Å²) in [5.41, 5.74) is 19.3. The molecule has 69 heavy (non-hydrogen) atoms. The normalized spacial score (nSPS) is 12.9. The Morgan fingerprint density at radius 3 is 1.57 bits per heavy atom. The fraction of sp³-hybridized carbons (Fsp3) is 0.0882. The Morgan fingerprint density at radius 2 is 0.826 bits per heavy atom. The Balaban J connectivity index is 1.08. The van der Waals surface area contributed by atoms with E-state index >= 15 is 0 Å². The lowest BCUT2D eigenvalue weighted by Gasteiger charge is -2.31. The quantitative estimate of drug-likeness (QED) is 0.132. The minimum Gasteiger partial charge on any atom is -0.309 e. The van der Waals surface area contributed by atoms with Crippen LogP contribution in [0.3, 0.4) is 0 Å². The molecule has 12 rings (SSSR count). The fourth-order valence-corrected chi connectivity index (χ4v) is 11.1. The second-order valence-electron chi connectivity index (χ2n) is 18.6. The first-order valence-electron chi connectivity index (χ1n) is 24.7. The molecule has 0 aliphatic heterocycles. The van der Waals surface area contributed by atoms with Gasteiger partial charge in [-0.15, -0.1) is 0 Å². The molecular weight excluding hydrogens is 831 g/mol. The third-order valence-corrected chi connectivity index (χ3v) is 14.5. The second-order valence-corrected chi connectivity index (χ2v) is 18.6. The van der Waals surface area contributed by atoms with Gasteiger partial charge in [-0.3, -0.25) is 0 Å². The molecule has 0 spiro atoms. The minimum atomic E-state index is 0.561. The minimum absolute atomic E-state index is 0.561. The predicted molar refractivity (Wildman–Crippen MR) is 295 cm³/mol. The van der Waals surface area contributed by atoms with E-state index in [2.05, 4.69) is 260 Å². The van der Waals surface area contributed by atoms with Crippen molar-refractivity contribution >= 4 is 38.6 Å². The average Bonchev–Trinajstić information content (AvgIpc) is 3.44. The average molecular weight is 884 g/mol. The van der Waals surface area contributed by atoms with Gasteiger partial charge in [0.05, 0.1) is 11.4 Å². The molecule has 0 amide bonds. The van der Waals surface area contributed by atoms with Crippen LogP contribution < -0.4 is 4.90 Å². The number of nitrogens with zero attached hydrogens (tertiary/aromatic N) is 1. The molecule has 0 heterocycles. The van der Waals surface area contributed by atoms with Crippen molar-refractivity contribution < 1.29 is 0 Å². The van der Waals surface area contributed by atoms with Gasteiger partial charge < -0.3 is 4.90 Å². The van der Waals surface area contributed by atoms with Crippen LogP contribution in [0.2, 0.25) is 0 Å². The first-order valence-corrected chi connectivity index (χ1v) is 24.7. The van der Waals surface area contributed by atoms with Gasteiger partial charge in [0.2, 0.25) is 0 Å². The van der Waals surface area contributed by atoms with Crippen molar-refractivity contribution in [2.75, 3.05) is 4.90 Å². The molecule has 11 aromatic carbocycles. The fourth-order valence-electron chi connectivity index (χ4n) is 11.1. The maximum absolute atomic E-state index is 2.53. The van der Waals surface area contributed by atoms with Crippen molar-refractivity contribution in [2.24, 2.45) is 0 Å². The summed E-state index contributed by atoms with van der Waals surface area (Å²) in [5.74, 6) is 0.561. The summed E-state index contributed by atoms with van der Waals surface area (Å²) in [6, 6.07) is 94.2. The van der Waals surface area contributed by atoms with Gasteiger partial charge in [-0.1, -0.05) is 244 Å². The van der Waals surface area contributed by atoms with Crippen LogP contribution in [0, 0.1) is 0 Å². The van der Waals surface area contributed by atoms with Crippen molar-refractivity contribution in [3.05, 3.63) is 260 Å². The van der Waals surface area contributed by atoms with Crippen molar-refractivity contribution in [1.82, 2.24) is 0 Å². The molecule has 330 valence electrons. The van der Waals surface area contributed by atoms with Gasteiger partial charge in [0.25, 0.3) is 0 Å². The van der Waals surface area contributed by atoms with Gasteiger partial charge in [0.1, 0.15) is 0 Å². The number of para-hydroxylation sites is 1. The number of anilines is 3. The first-order chi connectivity index (χ1) is 34.2. The van der Waals surface area contributed by atoms with Crippen LogP contribution >= 0.6 is 0 Å². The van der Waals surface area contributed by atoms with Crippen molar-refractivity contribution in [1.29, 1.82) is 0 Å². The Labute approximate surface area is 406 Å². The van der Waals surface area contributed by atoms with Gasteiger partial charge >= 0.3 is 0 Å². The van der Waals surface area contributed by atoms with Crippen LogP contribution in [0.4, 0.5) is 17.1 Å². The molecule has 1 aliphatic rings. The second kappa shape index (κ2) is 18.8. The lowest BCUT2D eigenvalue weighted by Crippen LogP contribution is -2.13. The smallest absolute Gasteiger partial charge is 0.0546 e. The number of hydrogen-bond donors (Lipinski definition) is 0. The van der Waals surface area contributed by atoms with Gasteiger partial charge in [0, 0.05) is 16.8 Å². The molecule has 0 radical (unpaired) electrons. The third-order valence-electron chi connectivity index (χ3n) is 14.5. The molecule has 0 saturated heterocycles. The highest BCUT2D eigenvalue weighted by molar-refractivity contribution is 6.05. The highest BCUT2D eigenvalue weighted by atomic mass is 15.1. The van der Waals surface area contributed by atoms with Gasteiger partial charge in [0.15, 0.2) is 0 Å². The Morgan fingerprint density at radius 1 is 0.290 bits per heavy atom. The Hall–Kier alpha value is -8.26. The number of benzene rings is 11. The van der Waals surface area contributed by atoms with Crippen LogP contribution in [-0.2, 0) is 0 Å². The molecule has 11 aromatic rings. The zero-order valence-corrected chi connectivity index (χ0v) is 38.8. The van der Waals surface area contributed by atoms with E-state index < -0.39 is 0 Å². The molecule has 0 atom stereocenters. The topological polar surface area (TPSA) is 3.24 Å².